The summed E-state index contributed by atoms with van der Waals surface area (Å²) in [5.41, 5.74) is -1.09. The molecule has 4 aliphatic carbocycles. The first-order valence-electron chi connectivity index (χ1n) is 20.5. The van der Waals surface area contributed by atoms with Crippen molar-refractivity contribution in [3.8, 4) is 0 Å². The highest BCUT2D eigenvalue weighted by Crippen LogP contribution is 2.67. The van der Waals surface area contributed by atoms with Crippen LogP contribution in [0.4, 0.5) is 0 Å². The van der Waals surface area contributed by atoms with Crippen molar-refractivity contribution in [1.29, 1.82) is 0 Å². The number of rotatable bonds is 6. The molecule has 0 spiro atoms. The van der Waals surface area contributed by atoms with E-state index < -0.39 is 73.0 Å². The van der Waals surface area contributed by atoms with Crippen molar-refractivity contribution in [3.63, 3.8) is 0 Å². The molecule has 6 unspecified atom stereocenters. The molecule has 0 aromatic heterocycles. The summed E-state index contributed by atoms with van der Waals surface area (Å²) in [5, 5.41) is 45.9. The van der Waals surface area contributed by atoms with Gasteiger partial charge in [0.2, 0.25) is 0 Å². The molecule has 8 fully saturated rings. The maximum Gasteiger partial charge on any atom is 0.163 e. The summed E-state index contributed by atoms with van der Waals surface area (Å²) in [6.45, 7) is 14.0. The Kier molecular flexibility index (Phi) is 10.2. The van der Waals surface area contributed by atoms with Crippen LogP contribution in [0.1, 0.15) is 126 Å². The standard InChI is InChI=1S/C40H66O12/c1-20-34(49-32-18-28(42)35(21(2)46-32)50-33-19-29-36(22(3)47-33)52-37(4,5)51-29)27(41)17-31(45-20)48-24-11-14-38(6)23(15-24)9-10-25-26(38)16-30(43)39(7)12-8-13-40(25,39)44/h20-36,41-44H,8-19H2,1-7H3/t20?,21?,22?,23-,24+,25-,26+,27-,28-,29-,30-,31+,32-,33+,34?,35?,36?,38+,39+,40+/m1/s1. The lowest BCUT2D eigenvalue weighted by Gasteiger charge is -2.64. The zero-order valence-corrected chi connectivity index (χ0v) is 32.4. The van der Waals surface area contributed by atoms with Crippen LogP contribution >= 0.6 is 0 Å². The van der Waals surface area contributed by atoms with Crippen LogP contribution in [-0.4, -0.2) is 118 Å². The van der Waals surface area contributed by atoms with Crippen LogP contribution in [0.15, 0.2) is 0 Å². The van der Waals surface area contributed by atoms with E-state index in [-0.39, 0.29) is 54.0 Å². The van der Waals surface area contributed by atoms with Crippen LogP contribution in [0, 0.1) is 28.6 Å². The fraction of sp³-hybridized carbons (Fsp3) is 1.00. The zero-order valence-electron chi connectivity index (χ0n) is 32.4. The molecule has 0 aromatic carbocycles. The highest BCUT2D eigenvalue weighted by Gasteiger charge is 2.67. The van der Waals surface area contributed by atoms with Gasteiger partial charge in [0, 0.05) is 24.7 Å². The number of hydrogen-bond donors (Lipinski definition) is 4. The topological polar surface area (TPSA) is 155 Å². The Hall–Kier alpha value is -0.480. The van der Waals surface area contributed by atoms with E-state index in [4.69, 9.17) is 37.9 Å². The lowest BCUT2D eigenvalue weighted by molar-refractivity contribution is -0.334. The van der Waals surface area contributed by atoms with E-state index in [1.807, 2.05) is 34.6 Å². The Balaban J connectivity index is 0.817. The predicted molar refractivity (Wildman–Crippen MR) is 187 cm³/mol. The Morgan fingerprint density at radius 1 is 0.615 bits per heavy atom. The highest BCUT2D eigenvalue weighted by molar-refractivity contribution is 5.17. The normalized spacial score (nSPS) is 57.4. The lowest BCUT2D eigenvalue weighted by atomic mass is 9.43. The van der Waals surface area contributed by atoms with Crippen LogP contribution in [0.2, 0.25) is 0 Å². The fourth-order valence-corrected chi connectivity index (χ4v) is 12.5. The molecular weight excluding hydrogens is 672 g/mol. The van der Waals surface area contributed by atoms with Gasteiger partial charge in [-0.2, -0.15) is 0 Å². The van der Waals surface area contributed by atoms with E-state index in [0.717, 1.165) is 57.8 Å². The SMILES string of the molecule is CC1O[C@H](OC2C(C)O[C@@H](O[C@H]3CC[C@@]4(C)[C@H](CC[C@@H]5[C@@H]4C[C@@H](O)[C@]4(C)CCC[C@]54O)C3)C[C@H]2O)C[C@@H](O)C1O[C@H]1C[C@H]2OC(C)(C)OC2C(C)O1. The summed E-state index contributed by atoms with van der Waals surface area (Å²) >= 11 is 0. The van der Waals surface area contributed by atoms with Gasteiger partial charge in [0.1, 0.15) is 18.3 Å². The van der Waals surface area contributed by atoms with Gasteiger partial charge < -0.3 is 58.3 Å². The number of ether oxygens (including phenoxy) is 8. The first kappa shape index (κ1) is 38.4. The van der Waals surface area contributed by atoms with Gasteiger partial charge in [0.05, 0.1) is 54.4 Å². The van der Waals surface area contributed by atoms with Crippen molar-refractivity contribution >= 4 is 0 Å². The van der Waals surface area contributed by atoms with Crippen molar-refractivity contribution in [1.82, 2.24) is 0 Å². The van der Waals surface area contributed by atoms with Crippen LogP contribution in [-0.2, 0) is 37.9 Å². The zero-order chi connectivity index (χ0) is 37.0. The molecule has 4 heterocycles. The van der Waals surface area contributed by atoms with Gasteiger partial charge in [-0.25, -0.2) is 0 Å². The van der Waals surface area contributed by atoms with Crippen molar-refractivity contribution in [3.05, 3.63) is 0 Å². The van der Waals surface area contributed by atoms with Gasteiger partial charge in [-0.05, 0) is 116 Å². The van der Waals surface area contributed by atoms with Crippen LogP contribution in [0.5, 0.6) is 0 Å². The molecule has 4 N–H and O–H groups in total. The van der Waals surface area contributed by atoms with Gasteiger partial charge in [0.15, 0.2) is 24.7 Å². The van der Waals surface area contributed by atoms with E-state index in [1.165, 1.54) is 0 Å². The molecule has 8 aliphatic rings. The molecule has 4 saturated heterocycles. The first-order valence-corrected chi connectivity index (χ1v) is 20.5. The van der Waals surface area contributed by atoms with E-state index in [0.29, 0.717) is 18.3 Å². The minimum absolute atomic E-state index is 0.0284. The summed E-state index contributed by atoms with van der Waals surface area (Å²) < 4.78 is 49.8. The van der Waals surface area contributed by atoms with Crippen LogP contribution in [0.25, 0.3) is 0 Å². The molecule has 52 heavy (non-hydrogen) atoms. The van der Waals surface area contributed by atoms with Gasteiger partial charge in [0.25, 0.3) is 0 Å². The summed E-state index contributed by atoms with van der Waals surface area (Å²) in [7, 11) is 0. The van der Waals surface area contributed by atoms with Gasteiger partial charge in [-0.15, -0.1) is 0 Å². The van der Waals surface area contributed by atoms with Crippen molar-refractivity contribution in [2.45, 2.75) is 223 Å². The molecule has 12 nitrogen and oxygen atoms in total. The minimum Gasteiger partial charge on any atom is -0.392 e. The average molecular weight is 739 g/mol. The molecule has 8 rings (SSSR count). The Labute approximate surface area is 309 Å². The lowest BCUT2D eigenvalue weighted by Crippen LogP contribution is -2.65. The minimum atomic E-state index is -0.856. The smallest absolute Gasteiger partial charge is 0.163 e. The quantitative estimate of drug-likeness (QED) is 0.287. The largest absolute Gasteiger partial charge is 0.392 e. The third-order valence-electron chi connectivity index (χ3n) is 15.4. The van der Waals surface area contributed by atoms with Crippen molar-refractivity contribution < 1.29 is 58.3 Å². The molecule has 0 radical (unpaired) electrons. The summed E-state index contributed by atoms with van der Waals surface area (Å²) in [4.78, 5) is 0. The Morgan fingerprint density at radius 2 is 1.23 bits per heavy atom. The molecular formula is C40H66O12. The van der Waals surface area contributed by atoms with E-state index in [1.54, 1.807) is 0 Å². The molecule has 12 heteroatoms. The monoisotopic (exact) mass is 738 g/mol. The third kappa shape index (κ3) is 6.54. The van der Waals surface area contributed by atoms with Crippen molar-refractivity contribution in [2.24, 2.45) is 28.6 Å². The summed E-state index contributed by atoms with van der Waals surface area (Å²) in [5.74, 6) is 0.352. The predicted octanol–water partition coefficient (Wildman–Crippen LogP) is 4.31. The highest BCUT2D eigenvalue weighted by atomic mass is 16.8. The fourth-order valence-electron chi connectivity index (χ4n) is 12.5. The van der Waals surface area contributed by atoms with Gasteiger partial charge in [-0.1, -0.05) is 13.8 Å². The van der Waals surface area contributed by atoms with E-state index >= 15 is 0 Å². The second kappa shape index (κ2) is 13.9. The Bertz CT molecular complexity index is 1260. The van der Waals surface area contributed by atoms with E-state index in [9.17, 15) is 20.4 Å². The molecule has 0 bridgehead atoms. The van der Waals surface area contributed by atoms with Gasteiger partial charge >= 0.3 is 0 Å². The second-order valence-corrected chi connectivity index (χ2v) is 19.0. The third-order valence-corrected chi connectivity index (χ3v) is 15.4. The molecule has 4 saturated carbocycles. The number of fused-ring (bicyclic) bond motifs is 6. The molecule has 0 aromatic rings. The van der Waals surface area contributed by atoms with Crippen LogP contribution < -0.4 is 0 Å². The molecule has 4 aliphatic heterocycles. The van der Waals surface area contributed by atoms with E-state index in [2.05, 4.69) is 13.8 Å². The summed E-state index contributed by atoms with van der Waals surface area (Å²) in [6.07, 6.45) is 2.68. The van der Waals surface area contributed by atoms with Crippen molar-refractivity contribution in [2.75, 3.05) is 0 Å². The molecule has 20 atom stereocenters. The van der Waals surface area contributed by atoms with Gasteiger partial charge in [-0.3, -0.25) is 0 Å². The molecule has 0 amide bonds. The molecule has 298 valence electrons. The number of aliphatic hydroxyl groups is 4. The Morgan fingerprint density at radius 3 is 1.88 bits per heavy atom. The second-order valence-electron chi connectivity index (χ2n) is 19.0. The summed E-state index contributed by atoms with van der Waals surface area (Å²) in [6, 6.07) is 0. The average Bonchev–Trinajstić information content (AvgIpc) is 3.56. The maximum absolute atomic E-state index is 12.1. The number of aliphatic hydroxyl groups excluding tert-OH is 3. The first-order chi connectivity index (χ1) is 24.5. The number of hydrogen-bond acceptors (Lipinski definition) is 12. The van der Waals surface area contributed by atoms with Crippen LogP contribution in [0.3, 0.4) is 0 Å². The maximum atomic E-state index is 12.1.